The molecule has 0 saturated carbocycles. The molecule has 3 aromatic rings. The lowest BCUT2D eigenvalue weighted by Gasteiger charge is -2.24. The van der Waals surface area contributed by atoms with Crippen molar-refractivity contribution in [1.82, 2.24) is 4.98 Å². The van der Waals surface area contributed by atoms with E-state index in [0.717, 1.165) is 21.9 Å². The summed E-state index contributed by atoms with van der Waals surface area (Å²) in [6, 6.07) is 17.5. The number of anilines is 2. The minimum absolute atomic E-state index is 0.0290. The molecule has 0 saturated heterocycles. The van der Waals surface area contributed by atoms with E-state index in [2.05, 4.69) is 10.3 Å². The molecule has 0 radical (unpaired) electrons. The molecule has 6 nitrogen and oxygen atoms in total. The number of hydrogen-bond donors (Lipinski definition) is 1. The Hall–Kier alpha value is -3.19. The van der Waals surface area contributed by atoms with Gasteiger partial charge in [-0.05, 0) is 55.3 Å². The van der Waals surface area contributed by atoms with Gasteiger partial charge in [0.25, 0.3) is 10.0 Å². The summed E-state index contributed by atoms with van der Waals surface area (Å²) in [5, 5.41) is 2.79. The van der Waals surface area contributed by atoms with Gasteiger partial charge in [-0.25, -0.2) is 8.42 Å². The highest BCUT2D eigenvalue weighted by atomic mass is 32.2. The number of amides is 1. The molecule has 1 amide bonds. The molecular formula is C22H23N3O3S. The molecule has 0 aliphatic carbocycles. The standard InChI is InChI=1S/C22H23N3O3S/c1-3-18-6-4-7-19(14-18)24-22(26)16-25(20-11-9-17(2)10-12-20)29(27,28)21-8-5-13-23-15-21/h4-15H,3,16H2,1-2H3,(H,24,26). The van der Waals surface area contributed by atoms with E-state index in [1.807, 2.05) is 44.2 Å². The van der Waals surface area contributed by atoms with Crippen LogP contribution < -0.4 is 9.62 Å². The molecule has 0 spiro atoms. The number of sulfonamides is 1. The number of aromatic nitrogens is 1. The van der Waals surface area contributed by atoms with Crippen LogP contribution in [-0.2, 0) is 21.2 Å². The van der Waals surface area contributed by atoms with Gasteiger partial charge in [0.1, 0.15) is 11.4 Å². The van der Waals surface area contributed by atoms with Gasteiger partial charge < -0.3 is 5.32 Å². The fraction of sp³-hybridized carbons (Fsp3) is 0.182. The summed E-state index contributed by atoms with van der Waals surface area (Å²) >= 11 is 0. The summed E-state index contributed by atoms with van der Waals surface area (Å²) in [4.78, 5) is 16.6. The summed E-state index contributed by atoms with van der Waals surface area (Å²) < 4.78 is 27.5. The first-order valence-corrected chi connectivity index (χ1v) is 10.7. The summed E-state index contributed by atoms with van der Waals surface area (Å²) in [5.41, 5.74) is 3.13. The molecule has 0 aliphatic heterocycles. The quantitative estimate of drug-likeness (QED) is 0.644. The lowest BCUT2D eigenvalue weighted by molar-refractivity contribution is -0.114. The molecule has 0 atom stereocenters. The van der Waals surface area contributed by atoms with Crippen molar-refractivity contribution < 1.29 is 13.2 Å². The van der Waals surface area contributed by atoms with Gasteiger partial charge in [0.05, 0.1) is 5.69 Å². The van der Waals surface area contributed by atoms with E-state index in [1.54, 1.807) is 24.3 Å². The topological polar surface area (TPSA) is 79.4 Å². The van der Waals surface area contributed by atoms with Crippen LogP contribution in [0.3, 0.4) is 0 Å². The number of aryl methyl sites for hydroxylation is 2. The van der Waals surface area contributed by atoms with Gasteiger partial charge in [0.2, 0.25) is 5.91 Å². The second-order valence-corrected chi connectivity index (χ2v) is 8.50. The van der Waals surface area contributed by atoms with E-state index in [4.69, 9.17) is 0 Å². The van der Waals surface area contributed by atoms with Gasteiger partial charge >= 0.3 is 0 Å². The van der Waals surface area contributed by atoms with Crippen LogP contribution >= 0.6 is 0 Å². The van der Waals surface area contributed by atoms with Gasteiger partial charge in [0, 0.05) is 18.1 Å². The number of benzene rings is 2. The Balaban J connectivity index is 1.91. The highest BCUT2D eigenvalue weighted by molar-refractivity contribution is 7.92. The zero-order valence-corrected chi connectivity index (χ0v) is 17.2. The highest BCUT2D eigenvalue weighted by Gasteiger charge is 2.27. The first kappa shape index (κ1) is 20.5. The third-order valence-electron chi connectivity index (χ3n) is 4.45. The second kappa shape index (κ2) is 8.87. The van der Waals surface area contributed by atoms with Crippen LogP contribution in [0.1, 0.15) is 18.1 Å². The summed E-state index contributed by atoms with van der Waals surface area (Å²) in [6.07, 6.45) is 3.62. The average molecular weight is 410 g/mol. The van der Waals surface area contributed by atoms with E-state index in [9.17, 15) is 13.2 Å². The normalized spacial score (nSPS) is 11.1. The smallest absolute Gasteiger partial charge is 0.266 e. The van der Waals surface area contributed by atoms with Crippen molar-refractivity contribution in [2.75, 3.05) is 16.2 Å². The van der Waals surface area contributed by atoms with E-state index in [-0.39, 0.29) is 11.4 Å². The van der Waals surface area contributed by atoms with Crippen molar-refractivity contribution >= 4 is 27.3 Å². The average Bonchev–Trinajstić information content (AvgIpc) is 2.73. The first-order chi connectivity index (χ1) is 13.9. The largest absolute Gasteiger partial charge is 0.325 e. The second-order valence-electron chi connectivity index (χ2n) is 6.64. The molecule has 0 unspecified atom stereocenters. The number of carbonyl (C=O) groups excluding carboxylic acids is 1. The van der Waals surface area contributed by atoms with Crippen molar-refractivity contribution in [3.8, 4) is 0 Å². The van der Waals surface area contributed by atoms with E-state index < -0.39 is 15.9 Å². The molecule has 0 bridgehead atoms. The molecule has 0 aliphatic rings. The monoisotopic (exact) mass is 409 g/mol. The third-order valence-corrected chi connectivity index (χ3v) is 6.21. The molecule has 1 aromatic heterocycles. The lowest BCUT2D eigenvalue weighted by Crippen LogP contribution is -2.38. The van der Waals surface area contributed by atoms with Crippen LogP contribution in [0.25, 0.3) is 0 Å². The Bertz CT molecular complexity index is 1080. The fourth-order valence-electron chi connectivity index (χ4n) is 2.85. The molecule has 29 heavy (non-hydrogen) atoms. The van der Waals surface area contributed by atoms with Crippen molar-refractivity contribution in [2.45, 2.75) is 25.2 Å². The van der Waals surface area contributed by atoms with Crippen LogP contribution in [0.15, 0.2) is 78.0 Å². The van der Waals surface area contributed by atoms with Gasteiger partial charge in [-0.15, -0.1) is 0 Å². The van der Waals surface area contributed by atoms with Gasteiger partial charge in [-0.2, -0.15) is 0 Å². The predicted molar refractivity (Wildman–Crippen MR) is 114 cm³/mol. The Kier molecular flexibility index (Phi) is 6.29. The number of rotatable bonds is 7. The Morgan fingerprint density at radius 3 is 2.48 bits per heavy atom. The summed E-state index contributed by atoms with van der Waals surface area (Å²) in [5.74, 6) is -0.425. The zero-order valence-electron chi connectivity index (χ0n) is 16.4. The molecule has 1 heterocycles. The minimum Gasteiger partial charge on any atom is -0.325 e. The number of carbonyl (C=O) groups is 1. The summed E-state index contributed by atoms with van der Waals surface area (Å²) in [7, 11) is -3.96. The highest BCUT2D eigenvalue weighted by Crippen LogP contribution is 2.24. The number of nitrogens with zero attached hydrogens (tertiary/aromatic N) is 2. The molecule has 7 heteroatoms. The van der Waals surface area contributed by atoms with Crippen molar-refractivity contribution in [1.29, 1.82) is 0 Å². The van der Waals surface area contributed by atoms with Crippen LogP contribution in [0.5, 0.6) is 0 Å². The Morgan fingerprint density at radius 1 is 1.07 bits per heavy atom. The van der Waals surface area contributed by atoms with Crippen molar-refractivity contribution in [3.05, 3.63) is 84.2 Å². The number of pyridine rings is 1. The zero-order chi connectivity index (χ0) is 20.9. The maximum atomic E-state index is 13.2. The summed E-state index contributed by atoms with van der Waals surface area (Å²) in [6.45, 7) is 3.59. The van der Waals surface area contributed by atoms with E-state index in [1.165, 1.54) is 18.5 Å². The minimum atomic E-state index is -3.96. The Labute approximate surface area is 171 Å². The van der Waals surface area contributed by atoms with Crippen LogP contribution in [0.2, 0.25) is 0 Å². The predicted octanol–water partition coefficient (Wildman–Crippen LogP) is 3.79. The van der Waals surface area contributed by atoms with Crippen molar-refractivity contribution in [3.63, 3.8) is 0 Å². The van der Waals surface area contributed by atoms with Gasteiger partial charge in [-0.1, -0.05) is 36.8 Å². The van der Waals surface area contributed by atoms with E-state index >= 15 is 0 Å². The molecule has 1 N–H and O–H groups in total. The number of nitrogens with one attached hydrogen (secondary N) is 1. The van der Waals surface area contributed by atoms with Gasteiger partial charge in [0.15, 0.2) is 0 Å². The molecule has 2 aromatic carbocycles. The van der Waals surface area contributed by atoms with E-state index in [0.29, 0.717) is 11.4 Å². The van der Waals surface area contributed by atoms with Crippen LogP contribution in [0.4, 0.5) is 11.4 Å². The van der Waals surface area contributed by atoms with Crippen LogP contribution in [0, 0.1) is 6.92 Å². The van der Waals surface area contributed by atoms with Gasteiger partial charge in [-0.3, -0.25) is 14.1 Å². The third kappa shape index (κ3) is 5.00. The fourth-order valence-corrected chi connectivity index (χ4v) is 4.24. The molecule has 0 fully saturated rings. The lowest BCUT2D eigenvalue weighted by atomic mass is 10.1. The Morgan fingerprint density at radius 2 is 1.83 bits per heavy atom. The first-order valence-electron chi connectivity index (χ1n) is 9.28. The maximum absolute atomic E-state index is 13.2. The number of hydrogen-bond acceptors (Lipinski definition) is 4. The molecule has 150 valence electrons. The molecular weight excluding hydrogens is 386 g/mol. The van der Waals surface area contributed by atoms with Crippen LogP contribution in [-0.4, -0.2) is 25.9 Å². The molecule has 3 rings (SSSR count). The SMILES string of the molecule is CCc1cccc(NC(=O)CN(c2ccc(C)cc2)S(=O)(=O)c2cccnc2)c1. The maximum Gasteiger partial charge on any atom is 0.266 e. The van der Waals surface area contributed by atoms with Crippen molar-refractivity contribution in [2.24, 2.45) is 0 Å².